The Morgan fingerprint density at radius 3 is 2.50 bits per heavy atom. The number of likely N-dealkylation sites (N-methyl/N-ethyl adjacent to an activating group) is 1. The molecular weight excluding hydrogens is 348 g/mol. The van der Waals surface area contributed by atoms with Gasteiger partial charge in [0.15, 0.2) is 0 Å². The molecule has 0 aromatic heterocycles. The van der Waals surface area contributed by atoms with Gasteiger partial charge < -0.3 is 9.64 Å². The van der Waals surface area contributed by atoms with E-state index in [-0.39, 0.29) is 6.04 Å². The summed E-state index contributed by atoms with van der Waals surface area (Å²) in [4.78, 5) is 2.48. The summed E-state index contributed by atoms with van der Waals surface area (Å²) in [5.41, 5.74) is 1.88. The Bertz CT molecular complexity index is 877. The number of nitrogens with zero attached hydrogens (tertiary/aromatic N) is 2. The average molecular weight is 372 g/mol. The topological polar surface area (TPSA) is 49.9 Å². The maximum absolute atomic E-state index is 13.4. The molecule has 5 nitrogen and oxygen atoms in total. The second-order valence-electron chi connectivity index (χ2n) is 6.97. The molecule has 0 amide bonds. The van der Waals surface area contributed by atoms with Crippen LogP contribution in [0.15, 0.2) is 53.4 Å². The van der Waals surface area contributed by atoms with Gasteiger partial charge in [-0.05, 0) is 37.0 Å². The highest BCUT2D eigenvalue weighted by molar-refractivity contribution is 7.89. The number of sulfonamides is 1. The highest BCUT2D eigenvalue weighted by Crippen LogP contribution is 2.39. The summed E-state index contributed by atoms with van der Waals surface area (Å²) >= 11 is 0. The van der Waals surface area contributed by atoms with Crippen LogP contribution in [-0.4, -0.2) is 45.5 Å². The minimum Gasteiger partial charge on any atom is -0.490 e. The highest BCUT2D eigenvalue weighted by atomic mass is 32.2. The van der Waals surface area contributed by atoms with Crippen molar-refractivity contribution in [3.63, 3.8) is 0 Å². The van der Waals surface area contributed by atoms with Gasteiger partial charge in [0.2, 0.25) is 10.0 Å². The molecule has 1 saturated heterocycles. The van der Waals surface area contributed by atoms with E-state index < -0.39 is 10.0 Å². The summed E-state index contributed by atoms with van der Waals surface area (Å²) in [6.45, 7) is 2.13. The maximum Gasteiger partial charge on any atom is 0.248 e. The number of hydrogen-bond donors (Lipinski definition) is 0. The number of anilines is 1. The van der Waals surface area contributed by atoms with E-state index in [2.05, 4.69) is 4.90 Å². The van der Waals surface area contributed by atoms with Crippen molar-refractivity contribution in [3.8, 4) is 5.75 Å². The Morgan fingerprint density at radius 2 is 1.77 bits per heavy atom. The fourth-order valence-electron chi connectivity index (χ4n) is 3.79. The zero-order valence-electron chi connectivity index (χ0n) is 15.0. The highest BCUT2D eigenvalue weighted by Gasteiger charge is 2.37. The number of benzene rings is 2. The lowest BCUT2D eigenvalue weighted by Gasteiger charge is -2.26. The van der Waals surface area contributed by atoms with Gasteiger partial charge in [-0.1, -0.05) is 36.4 Å². The van der Waals surface area contributed by atoms with Crippen molar-refractivity contribution in [2.24, 2.45) is 0 Å². The molecule has 1 fully saturated rings. The summed E-state index contributed by atoms with van der Waals surface area (Å²) < 4.78 is 34.3. The molecule has 2 heterocycles. The second-order valence-corrected chi connectivity index (χ2v) is 8.91. The molecule has 0 saturated carbocycles. The van der Waals surface area contributed by atoms with Gasteiger partial charge in [0, 0.05) is 20.1 Å². The third-order valence-electron chi connectivity index (χ3n) is 5.30. The molecule has 0 bridgehead atoms. The molecule has 0 spiro atoms. The van der Waals surface area contributed by atoms with Crippen molar-refractivity contribution in [1.29, 1.82) is 0 Å². The third-order valence-corrected chi connectivity index (χ3v) is 7.28. The molecule has 1 atom stereocenters. The molecule has 0 aliphatic carbocycles. The van der Waals surface area contributed by atoms with Crippen molar-refractivity contribution in [2.45, 2.75) is 30.2 Å². The zero-order chi connectivity index (χ0) is 18.1. The first-order chi connectivity index (χ1) is 12.6. The molecule has 138 valence electrons. The lowest BCUT2D eigenvalue weighted by atomic mass is 10.1. The van der Waals surface area contributed by atoms with E-state index in [9.17, 15) is 8.42 Å². The van der Waals surface area contributed by atoms with Gasteiger partial charge in [0.1, 0.15) is 17.3 Å². The Balaban J connectivity index is 1.72. The molecule has 0 radical (unpaired) electrons. The predicted octanol–water partition coefficient (Wildman–Crippen LogP) is 2.91. The van der Waals surface area contributed by atoms with Crippen molar-refractivity contribution < 1.29 is 13.2 Å². The van der Waals surface area contributed by atoms with Crippen molar-refractivity contribution in [1.82, 2.24) is 4.31 Å². The Morgan fingerprint density at radius 1 is 1.04 bits per heavy atom. The van der Waals surface area contributed by atoms with Crippen LogP contribution in [0.3, 0.4) is 0 Å². The summed E-state index contributed by atoms with van der Waals surface area (Å²) in [5, 5.41) is 0. The number of ether oxygens (including phenoxy) is 1. The van der Waals surface area contributed by atoms with Gasteiger partial charge in [-0.2, -0.15) is 4.31 Å². The molecule has 2 aliphatic rings. The van der Waals surface area contributed by atoms with E-state index >= 15 is 0 Å². The third kappa shape index (κ3) is 3.08. The van der Waals surface area contributed by atoms with Crippen molar-refractivity contribution >= 4 is 15.7 Å². The van der Waals surface area contributed by atoms with Gasteiger partial charge in [-0.15, -0.1) is 0 Å². The first kappa shape index (κ1) is 17.4. The number of fused-ring (bicyclic) bond motifs is 1. The molecule has 2 aliphatic heterocycles. The van der Waals surface area contributed by atoms with E-state index in [0.29, 0.717) is 23.7 Å². The van der Waals surface area contributed by atoms with E-state index in [4.69, 9.17) is 4.74 Å². The fourth-order valence-corrected chi connectivity index (χ4v) is 5.45. The van der Waals surface area contributed by atoms with Crippen LogP contribution < -0.4 is 9.64 Å². The van der Waals surface area contributed by atoms with Gasteiger partial charge in [-0.25, -0.2) is 8.42 Å². The van der Waals surface area contributed by atoms with Crippen LogP contribution in [0.4, 0.5) is 5.69 Å². The first-order valence-corrected chi connectivity index (χ1v) is 10.5. The van der Waals surface area contributed by atoms with Crippen LogP contribution in [0.25, 0.3) is 0 Å². The van der Waals surface area contributed by atoms with Gasteiger partial charge in [-0.3, -0.25) is 0 Å². The Kier molecular flexibility index (Phi) is 4.63. The van der Waals surface area contributed by atoms with Crippen molar-refractivity contribution in [3.05, 3.63) is 54.1 Å². The second kappa shape index (κ2) is 6.93. The number of hydrogen-bond acceptors (Lipinski definition) is 4. The molecule has 2 aromatic carbocycles. The van der Waals surface area contributed by atoms with Crippen molar-refractivity contribution in [2.75, 3.05) is 31.6 Å². The minimum atomic E-state index is -3.63. The van der Waals surface area contributed by atoms with E-state index in [1.165, 1.54) is 4.31 Å². The van der Waals surface area contributed by atoms with Gasteiger partial charge in [0.05, 0.1) is 11.7 Å². The molecule has 0 N–H and O–H groups in total. The van der Waals surface area contributed by atoms with Crippen LogP contribution in [0.5, 0.6) is 5.75 Å². The largest absolute Gasteiger partial charge is 0.490 e. The quantitative estimate of drug-likeness (QED) is 0.831. The normalized spacial score (nSPS) is 22.5. The molecule has 2 aromatic rings. The Hall–Kier alpha value is -2.05. The predicted molar refractivity (Wildman–Crippen MR) is 102 cm³/mol. The van der Waals surface area contributed by atoms with Crippen LogP contribution in [-0.2, 0) is 16.4 Å². The van der Waals surface area contributed by atoms with Crippen LogP contribution in [0.1, 0.15) is 18.4 Å². The van der Waals surface area contributed by atoms with Crippen LogP contribution in [0.2, 0.25) is 0 Å². The summed E-state index contributed by atoms with van der Waals surface area (Å²) in [7, 11) is -1.96. The lowest BCUT2D eigenvalue weighted by Crippen LogP contribution is -2.40. The smallest absolute Gasteiger partial charge is 0.248 e. The van der Waals surface area contributed by atoms with E-state index in [1.807, 2.05) is 42.5 Å². The van der Waals surface area contributed by atoms with Crippen LogP contribution in [0, 0.1) is 0 Å². The summed E-state index contributed by atoms with van der Waals surface area (Å²) in [5.74, 6) is 0.469. The minimum absolute atomic E-state index is 0.235. The monoisotopic (exact) mass is 372 g/mol. The van der Waals surface area contributed by atoms with E-state index in [0.717, 1.165) is 37.2 Å². The number of rotatable bonds is 3. The molecule has 4 rings (SSSR count). The van der Waals surface area contributed by atoms with Gasteiger partial charge in [0.25, 0.3) is 0 Å². The average Bonchev–Trinajstić information content (AvgIpc) is 3.16. The Labute approximate surface area is 155 Å². The van der Waals surface area contributed by atoms with Crippen LogP contribution >= 0.6 is 0 Å². The van der Waals surface area contributed by atoms with E-state index in [1.54, 1.807) is 13.1 Å². The molecule has 26 heavy (non-hydrogen) atoms. The molecule has 6 heteroatoms. The maximum atomic E-state index is 13.4. The fraction of sp³-hybridized carbons (Fsp3) is 0.400. The SMILES string of the molecule is CN1[C@@H](Cc2ccccc2)COc2cccc(N3CCCC3)c2S1(=O)=O. The summed E-state index contributed by atoms with van der Waals surface area (Å²) in [6, 6.07) is 15.3. The standard InChI is InChI=1S/C20H24N2O3S/c1-21-17(14-16-8-3-2-4-9-16)15-25-19-11-7-10-18(20(19)26(21,23)24)22-12-5-6-13-22/h2-4,7-11,17H,5-6,12-15H2,1H3/t17-/m0/s1. The zero-order valence-corrected chi connectivity index (χ0v) is 15.8. The summed E-state index contributed by atoms with van der Waals surface area (Å²) in [6.07, 6.45) is 2.82. The van der Waals surface area contributed by atoms with Gasteiger partial charge >= 0.3 is 0 Å². The first-order valence-electron chi connectivity index (χ1n) is 9.10. The molecular formula is C20H24N2O3S. The lowest BCUT2D eigenvalue weighted by molar-refractivity contribution is 0.228. The molecule has 0 unspecified atom stereocenters.